The third-order valence-electron chi connectivity index (χ3n) is 2.57. The molecule has 0 saturated carbocycles. The molecule has 2 rings (SSSR count). The Bertz CT molecular complexity index is 509. The van der Waals surface area contributed by atoms with Crippen LogP contribution in [0.3, 0.4) is 0 Å². The predicted molar refractivity (Wildman–Crippen MR) is 66.3 cm³/mol. The summed E-state index contributed by atoms with van der Waals surface area (Å²) in [6.07, 6.45) is 0. The molecule has 4 heteroatoms. The third-order valence-corrected chi connectivity index (χ3v) is 2.57. The summed E-state index contributed by atoms with van der Waals surface area (Å²) >= 11 is 0. The quantitative estimate of drug-likeness (QED) is 0.882. The molecule has 0 saturated heterocycles. The lowest BCUT2D eigenvalue weighted by Gasteiger charge is -2.06. The van der Waals surface area contributed by atoms with E-state index in [-0.39, 0.29) is 5.82 Å². The first kappa shape index (κ1) is 11.5. The molecule has 0 atom stereocenters. The van der Waals surface area contributed by atoms with Gasteiger partial charge >= 0.3 is 0 Å². The molecule has 0 fully saturated rings. The van der Waals surface area contributed by atoms with Gasteiger partial charge in [0.25, 0.3) is 0 Å². The topological polar surface area (TPSA) is 37.8 Å². The van der Waals surface area contributed by atoms with Crippen molar-refractivity contribution in [2.24, 2.45) is 0 Å². The number of aromatic nitrogens is 2. The Labute approximate surface area is 99.7 Å². The maximum Gasteiger partial charge on any atom is 0.148 e. The summed E-state index contributed by atoms with van der Waals surface area (Å²) in [4.78, 5) is 0. The molecule has 1 N–H and O–H groups in total. The fraction of sp³-hybridized carbons (Fsp3) is 0.231. The van der Waals surface area contributed by atoms with E-state index in [1.807, 2.05) is 25.1 Å². The van der Waals surface area contributed by atoms with Crippen LogP contribution in [0, 0.1) is 12.7 Å². The van der Waals surface area contributed by atoms with Crippen molar-refractivity contribution in [2.75, 3.05) is 11.9 Å². The molecule has 0 aliphatic carbocycles. The Morgan fingerprint density at radius 2 is 2.00 bits per heavy atom. The molecular formula is C13H14FN3. The molecule has 88 valence electrons. The van der Waals surface area contributed by atoms with Crippen LogP contribution in [0.4, 0.5) is 10.2 Å². The Hall–Kier alpha value is -1.97. The van der Waals surface area contributed by atoms with Crippen LogP contribution in [0.5, 0.6) is 0 Å². The van der Waals surface area contributed by atoms with E-state index < -0.39 is 0 Å². The van der Waals surface area contributed by atoms with E-state index in [4.69, 9.17) is 0 Å². The van der Waals surface area contributed by atoms with Crippen molar-refractivity contribution >= 4 is 5.82 Å². The van der Waals surface area contributed by atoms with Gasteiger partial charge in [0.1, 0.15) is 11.6 Å². The summed E-state index contributed by atoms with van der Waals surface area (Å²) in [5.41, 5.74) is 2.06. The van der Waals surface area contributed by atoms with Gasteiger partial charge in [-0.2, -0.15) is 0 Å². The Morgan fingerprint density at radius 3 is 2.65 bits per heavy atom. The number of anilines is 1. The van der Waals surface area contributed by atoms with Gasteiger partial charge in [-0.05, 0) is 37.6 Å². The third kappa shape index (κ3) is 2.41. The normalized spacial score (nSPS) is 10.3. The average molecular weight is 231 g/mol. The Morgan fingerprint density at radius 1 is 1.18 bits per heavy atom. The fourth-order valence-electron chi connectivity index (χ4n) is 1.64. The second kappa shape index (κ2) is 4.91. The molecule has 1 aromatic carbocycles. The maximum absolute atomic E-state index is 13.4. The number of benzene rings is 1. The molecule has 1 aromatic heterocycles. The largest absolute Gasteiger partial charge is 0.369 e. The van der Waals surface area contributed by atoms with Crippen LogP contribution < -0.4 is 5.32 Å². The van der Waals surface area contributed by atoms with Crippen molar-refractivity contribution in [1.29, 1.82) is 0 Å². The molecule has 1 heterocycles. The second-order valence-corrected chi connectivity index (χ2v) is 3.75. The number of hydrogen-bond donors (Lipinski definition) is 1. The number of hydrogen-bond acceptors (Lipinski definition) is 3. The van der Waals surface area contributed by atoms with Crippen molar-refractivity contribution in [2.45, 2.75) is 13.8 Å². The Kier molecular flexibility index (Phi) is 3.32. The number of nitrogens with zero attached hydrogens (tertiary/aromatic N) is 2. The molecule has 0 amide bonds. The first-order chi connectivity index (χ1) is 8.22. The first-order valence-corrected chi connectivity index (χ1v) is 5.55. The van der Waals surface area contributed by atoms with Crippen molar-refractivity contribution in [1.82, 2.24) is 10.2 Å². The van der Waals surface area contributed by atoms with Crippen molar-refractivity contribution in [3.05, 3.63) is 41.7 Å². The highest BCUT2D eigenvalue weighted by molar-refractivity contribution is 5.63. The minimum atomic E-state index is -0.222. The maximum atomic E-state index is 13.4. The summed E-state index contributed by atoms with van der Waals surface area (Å²) in [6.45, 7) is 4.53. The fourth-order valence-corrected chi connectivity index (χ4v) is 1.64. The number of nitrogens with one attached hydrogen (secondary N) is 1. The van der Waals surface area contributed by atoms with Crippen LogP contribution in [0.1, 0.15) is 12.5 Å². The van der Waals surface area contributed by atoms with Crippen LogP contribution in [0.25, 0.3) is 11.3 Å². The van der Waals surface area contributed by atoms with E-state index in [9.17, 15) is 4.39 Å². The minimum absolute atomic E-state index is 0.222. The van der Waals surface area contributed by atoms with Gasteiger partial charge < -0.3 is 5.32 Å². The number of rotatable bonds is 3. The standard InChI is InChI=1S/C13H14FN3/c1-3-15-13-8-7-12(16-17-13)10-5-4-6-11(14)9(10)2/h4-8H,3H2,1-2H3,(H,15,17). The van der Waals surface area contributed by atoms with E-state index in [0.29, 0.717) is 11.3 Å². The minimum Gasteiger partial charge on any atom is -0.369 e. The highest BCUT2D eigenvalue weighted by Crippen LogP contribution is 2.23. The first-order valence-electron chi connectivity index (χ1n) is 5.55. The van der Waals surface area contributed by atoms with E-state index in [0.717, 1.165) is 17.9 Å². The van der Waals surface area contributed by atoms with Crippen molar-refractivity contribution in [3.8, 4) is 11.3 Å². The monoisotopic (exact) mass is 231 g/mol. The molecule has 0 spiro atoms. The Balaban J connectivity index is 2.36. The molecule has 0 aliphatic heterocycles. The van der Waals surface area contributed by atoms with Gasteiger partial charge in [-0.3, -0.25) is 0 Å². The average Bonchev–Trinajstić information content (AvgIpc) is 2.34. The zero-order chi connectivity index (χ0) is 12.3. The zero-order valence-corrected chi connectivity index (χ0v) is 9.87. The van der Waals surface area contributed by atoms with Crippen molar-refractivity contribution in [3.63, 3.8) is 0 Å². The van der Waals surface area contributed by atoms with Gasteiger partial charge in [-0.1, -0.05) is 12.1 Å². The smallest absolute Gasteiger partial charge is 0.148 e. The second-order valence-electron chi connectivity index (χ2n) is 3.75. The lowest BCUT2D eigenvalue weighted by molar-refractivity contribution is 0.619. The van der Waals surface area contributed by atoms with Gasteiger partial charge in [0, 0.05) is 12.1 Å². The molecule has 17 heavy (non-hydrogen) atoms. The highest BCUT2D eigenvalue weighted by Gasteiger charge is 2.07. The highest BCUT2D eigenvalue weighted by atomic mass is 19.1. The van der Waals surface area contributed by atoms with E-state index in [1.54, 1.807) is 13.0 Å². The van der Waals surface area contributed by atoms with Crippen molar-refractivity contribution < 1.29 is 4.39 Å². The summed E-state index contributed by atoms with van der Waals surface area (Å²) in [5.74, 6) is 0.505. The van der Waals surface area contributed by atoms with Crippen LogP contribution in [0.2, 0.25) is 0 Å². The van der Waals surface area contributed by atoms with Gasteiger partial charge in [-0.25, -0.2) is 4.39 Å². The number of halogens is 1. The SMILES string of the molecule is CCNc1ccc(-c2cccc(F)c2C)nn1. The van der Waals surface area contributed by atoms with Crippen LogP contribution in [0.15, 0.2) is 30.3 Å². The van der Waals surface area contributed by atoms with Crippen LogP contribution in [-0.4, -0.2) is 16.7 Å². The van der Waals surface area contributed by atoms with Gasteiger partial charge in [0.05, 0.1) is 5.69 Å². The molecule has 3 nitrogen and oxygen atoms in total. The lowest BCUT2D eigenvalue weighted by atomic mass is 10.1. The van der Waals surface area contributed by atoms with Gasteiger partial charge in [0.15, 0.2) is 0 Å². The van der Waals surface area contributed by atoms with Crippen LogP contribution >= 0.6 is 0 Å². The summed E-state index contributed by atoms with van der Waals surface area (Å²) < 4.78 is 13.4. The molecule has 0 bridgehead atoms. The van der Waals surface area contributed by atoms with E-state index in [2.05, 4.69) is 15.5 Å². The van der Waals surface area contributed by atoms with Gasteiger partial charge in [-0.15, -0.1) is 10.2 Å². The van der Waals surface area contributed by atoms with Crippen LogP contribution in [-0.2, 0) is 0 Å². The predicted octanol–water partition coefficient (Wildman–Crippen LogP) is 3.02. The molecular weight excluding hydrogens is 217 g/mol. The lowest BCUT2D eigenvalue weighted by Crippen LogP contribution is -2.01. The molecule has 0 unspecified atom stereocenters. The van der Waals surface area contributed by atoms with Gasteiger partial charge in [0.2, 0.25) is 0 Å². The summed E-state index contributed by atoms with van der Waals surface area (Å²) in [6, 6.07) is 8.65. The summed E-state index contributed by atoms with van der Waals surface area (Å²) in [7, 11) is 0. The molecule has 2 aromatic rings. The zero-order valence-electron chi connectivity index (χ0n) is 9.87. The van der Waals surface area contributed by atoms with E-state index in [1.165, 1.54) is 6.07 Å². The molecule has 0 aliphatic rings. The molecule has 0 radical (unpaired) electrons. The van der Waals surface area contributed by atoms with E-state index >= 15 is 0 Å². The summed E-state index contributed by atoms with van der Waals surface area (Å²) in [5, 5.41) is 11.2.